The Hall–Kier alpha value is 0.940. The molecule has 0 fully saturated rings. The third-order valence-electron chi connectivity index (χ3n) is 2.58. The van der Waals surface area contributed by atoms with E-state index in [1.54, 1.807) is 0 Å². The van der Waals surface area contributed by atoms with Gasteiger partial charge in [0.1, 0.15) is 0 Å². The van der Waals surface area contributed by atoms with Crippen LogP contribution in [0.5, 0.6) is 0 Å². The summed E-state index contributed by atoms with van der Waals surface area (Å²) in [5, 5.41) is 20.9. The molecule has 0 bridgehead atoms. The largest absolute Gasteiger partial charge is 1.00 e. The van der Waals surface area contributed by atoms with Crippen LogP contribution in [0.25, 0.3) is 0 Å². The quantitative estimate of drug-likeness (QED) is 0.310. The molecule has 0 aliphatic carbocycles. The van der Waals surface area contributed by atoms with Gasteiger partial charge in [-0.25, -0.2) is 0 Å². The predicted molar refractivity (Wildman–Crippen MR) is 56.0 cm³/mol. The molecular formula is C12H20Na2O4. The van der Waals surface area contributed by atoms with Gasteiger partial charge in [0.05, 0.1) is 0 Å². The van der Waals surface area contributed by atoms with E-state index in [9.17, 15) is 19.8 Å². The van der Waals surface area contributed by atoms with Gasteiger partial charge in [-0.15, -0.1) is 0 Å². The van der Waals surface area contributed by atoms with E-state index in [0.29, 0.717) is 12.3 Å². The van der Waals surface area contributed by atoms with Crippen molar-refractivity contribution in [2.45, 2.75) is 52.4 Å². The fourth-order valence-corrected chi connectivity index (χ4v) is 1.62. The second-order valence-electron chi connectivity index (χ2n) is 4.62. The van der Waals surface area contributed by atoms with E-state index >= 15 is 0 Å². The Morgan fingerprint density at radius 3 is 1.83 bits per heavy atom. The van der Waals surface area contributed by atoms with Crippen LogP contribution >= 0.6 is 0 Å². The van der Waals surface area contributed by atoms with Crippen molar-refractivity contribution in [3.05, 3.63) is 0 Å². The average molecular weight is 274 g/mol. The Morgan fingerprint density at radius 2 is 1.44 bits per heavy atom. The van der Waals surface area contributed by atoms with Gasteiger partial charge in [-0.1, -0.05) is 39.5 Å². The van der Waals surface area contributed by atoms with E-state index < -0.39 is 24.3 Å². The molecule has 18 heavy (non-hydrogen) atoms. The number of carboxylic acid groups (broad SMARTS) is 2. The molecule has 0 spiro atoms. The van der Waals surface area contributed by atoms with Crippen molar-refractivity contribution in [2.75, 3.05) is 0 Å². The Kier molecular flexibility index (Phi) is 19.1. The first kappa shape index (κ1) is 24.0. The van der Waals surface area contributed by atoms with Crippen molar-refractivity contribution in [1.82, 2.24) is 0 Å². The van der Waals surface area contributed by atoms with Crippen LogP contribution in [0.4, 0.5) is 0 Å². The number of rotatable bonds is 9. The number of hydrogen-bond donors (Lipinski definition) is 0. The molecule has 0 aromatic carbocycles. The number of carbonyl (C=O) groups excluding carboxylic acids is 2. The van der Waals surface area contributed by atoms with Crippen LogP contribution in [0, 0.1) is 11.8 Å². The third kappa shape index (κ3) is 15.0. The van der Waals surface area contributed by atoms with Crippen molar-refractivity contribution in [3.8, 4) is 0 Å². The Bertz CT molecular complexity index is 232. The summed E-state index contributed by atoms with van der Waals surface area (Å²) in [7, 11) is 0. The second kappa shape index (κ2) is 14.4. The SMILES string of the molecule is CC(C)CCCCCC(CC(=O)[O-])C(=O)[O-].[Na+].[Na+]. The van der Waals surface area contributed by atoms with Crippen molar-refractivity contribution >= 4 is 11.9 Å². The summed E-state index contributed by atoms with van der Waals surface area (Å²) in [4.78, 5) is 20.9. The summed E-state index contributed by atoms with van der Waals surface area (Å²) in [6.07, 6.45) is 3.79. The normalized spacial score (nSPS) is 11.3. The first-order chi connectivity index (χ1) is 7.43. The predicted octanol–water partition coefficient (Wildman–Crippen LogP) is -5.89. The zero-order valence-corrected chi connectivity index (χ0v) is 16.0. The minimum Gasteiger partial charge on any atom is -0.550 e. The van der Waals surface area contributed by atoms with Gasteiger partial charge < -0.3 is 19.8 Å². The van der Waals surface area contributed by atoms with Gasteiger partial charge in [0.15, 0.2) is 0 Å². The van der Waals surface area contributed by atoms with Gasteiger partial charge in [0, 0.05) is 17.9 Å². The minimum atomic E-state index is -1.32. The maximum Gasteiger partial charge on any atom is 1.00 e. The molecule has 0 aliphatic rings. The summed E-state index contributed by atoms with van der Waals surface area (Å²) in [6, 6.07) is 0. The summed E-state index contributed by atoms with van der Waals surface area (Å²) in [6.45, 7) is 4.28. The van der Waals surface area contributed by atoms with Crippen LogP contribution in [-0.2, 0) is 9.59 Å². The first-order valence-electron chi connectivity index (χ1n) is 5.84. The molecule has 0 heterocycles. The molecule has 0 saturated heterocycles. The zero-order chi connectivity index (χ0) is 12.6. The van der Waals surface area contributed by atoms with Gasteiger partial charge in [-0.2, -0.15) is 0 Å². The molecule has 0 aromatic heterocycles. The topological polar surface area (TPSA) is 80.3 Å². The van der Waals surface area contributed by atoms with Crippen LogP contribution in [0.1, 0.15) is 52.4 Å². The van der Waals surface area contributed by atoms with Gasteiger partial charge in [0.25, 0.3) is 0 Å². The molecule has 0 aromatic rings. The minimum absolute atomic E-state index is 0. The number of unbranched alkanes of at least 4 members (excludes halogenated alkanes) is 2. The van der Waals surface area contributed by atoms with Gasteiger partial charge in [-0.05, 0) is 18.8 Å². The molecule has 0 rings (SSSR count). The molecule has 1 unspecified atom stereocenters. The van der Waals surface area contributed by atoms with Crippen LogP contribution in [0.2, 0.25) is 0 Å². The van der Waals surface area contributed by atoms with Gasteiger partial charge in [0.2, 0.25) is 0 Å². The Morgan fingerprint density at radius 1 is 0.944 bits per heavy atom. The molecule has 0 aliphatic heterocycles. The molecule has 0 N–H and O–H groups in total. The fourth-order valence-electron chi connectivity index (χ4n) is 1.62. The zero-order valence-electron chi connectivity index (χ0n) is 12.0. The fraction of sp³-hybridized carbons (Fsp3) is 0.833. The summed E-state index contributed by atoms with van der Waals surface area (Å²) < 4.78 is 0. The third-order valence-corrected chi connectivity index (χ3v) is 2.58. The van der Waals surface area contributed by atoms with E-state index in [0.717, 1.165) is 25.7 Å². The second-order valence-corrected chi connectivity index (χ2v) is 4.62. The van der Waals surface area contributed by atoms with Crippen LogP contribution in [0.15, 0.2) is 0 Å². The molecule has 0 amide bonds. The van der Waals surface area contributed by atoms with E-state index in [4.69, 9.17) is 0 Å². The monoisotopic (exact) mass is 274 g/mol. The molecule has 4 nitrogen and oxygen atoms in total. The number of carbonyl (C=O) groups is 2. The molecule has 1 atom stereocenters. The standard InChI is InChI=1S/C12H22O4.2Na/c1-9(2)6-4-3-5-7-10(12(15)16)8-11(13)14;;/h9-10H,3-8H2,1-2H3,(H,13,14)(H,15,16);;/q;2*+1/p-2. The summed E-state index contributed by atoms with van der Waals surface area (Å²) in [5.74, 6) is -2.85. The molecule has 94 valence electrons. The van der Waals surface area contributed by atoms with Crippen molar-refractivity contribution < 1.29 is 78.9 Å². The van der Waals surface area contributed by atoms with E-state index in [1.807, 2.05) is 0 Å². The maximum atomic E-state index is 10.6. The number of hydrogen-bond acceptors (Lipinski definition) is 4. The van der Waals surface area contributed by atoms with Crippen molar-refractivity contribution in [3.63, 3.8) is 0 Å². The number of carboxylic acids is 2. The molecule has 6 heteroatoms. The summed E-state index contributed by atoms with van der Waals surface area (Å²) >= 11 is 0. The summed E-state index contributed by atoms with van der Waals surface area (Å²) in [5.41, 5.74) is 0. The Labute approximate surface area is 153 Å². The van der Waals surface area contributed by atoms with Crippen molar-refractivity contribution in [2.24, 2.45) is 11.8 Å². The smallest absolute Gasteiger partial charge is 0.550 e. The van der Waals surface area contributed by atoms with Crippen molar-refractivity contribution in [1.29, 1.82) is 0 Å². The van der Waals surface area contributed by atoms with E-state index in [2.05, 4.69) is 13.8 Å². The molecule has 0 radical (unpaired) electrons. The average Bonchev–Trinajstić information content (AvgIpc) is 2.14. The van der Waals surface area contributed by atoms with Crippen LogP contribution in [-0.4, -0.2) is 11.9 Å². The van der Waals surface area contributed by atoms with Crippen LogP contribution < -0.4 is 69.3 Å². The van der Waals surface area contributed by atoms with Gasteiger partial charge in [-0.3, -0.25) is 0 Å². The number of aliphatic carboxylic acids is 2. The molecular weight excluding hydrogens is 254 g/mol. The first-order valence-corrected chi connectivity index (χ1v) is 5.84. The van der Waals surface area contributed by atoms with E-state index in [1.165, 1.54) is 0 Å². The van der Waals surface area contributed by atoms with Gasteiger partial charge >= 0.3 is 59.1 Å². The molecule has 0 saturated carbocycles. The maximum absolute atomic E-state index is 10.6. The van der Waals surface area contributed by atoms with Crippen LogP contribution in [0.3, 0.4) is 0 Å². The van der Waals surface area contributed by atoms with E-state index in [-0.39, 0.29) is 59.1 Å². The Balaban J connectivity index is -0.00000112.